The molecule has 1 heterocycles. The number of anilines is 1. The number of carbonyl (C=O) groups excluding carboxylic acids is 1. The second kappa shape index (κ2) is 5.95. The van der Waals surface area contributed by atoms with Crippen LogP contribution in [0.25, 0.3) is 0 Å². The number of amides is 1. The molecule has 5 nitrogen and oxygen atoms in total. The zero-order valence-corrected chi connectivity index (χ0v) is 10.4. The summed E-state index contributed by atoms with van der Waals surface area (Å²) in [6.45, 7) is 3.38. The zero-order chi connectivity index (χ0) is 13.0. The van der Waals surface area contributed by atoms with Gasteiger partial charge in [0, 0.05) is 12.2 Å². The number of hydrogen-bond donors (Lipinski definition) is 2. The molecule has 2 rings (SSSR count). The van der Waals surface area contributed by atoms with Crippen LogP contribution in [0, 0.1) is 0 Å². The lowest BCUT2D eigenvalue weighted by Crippen LogP contribution is -2.41. The molecule has 1 aliphatic rings. The highest BCUT2D eigenvalue weighted by atomic mass is 16.6. The SMILES string of the molecule is CC(OC1COC1)C(=O)Nc1ccc(CN)cc1. The minimum Gasteiger partial charge on any atom is -0.376 e. The van der Waals surface area contributed by atoms with Gasteiger partial charge in [-0.25, -0.2) is 0 Å². The molecule has 1 aliphatic heterocycles. The van der Waals surface area contributed by atoms with E-state index in [9.17, 15) is 4.79 Å². The van der Waals surface area contributed by atoms with Crippen LogP contribution in [0.1, 0.15) is 12.5 Å². The maximum absolute atomic E-state index is 11.8. The van der Waals surface area contributed by atoms with Gasteiger partial charge in [-0.05, 0) is 24.6 Å². The van der Waals surface area contributed by atoms with Crippen molar-refractivity contribution >= 4 is 11.6 Å². The van der Waals surface area contributed by atoms with Gasteiger partial charge in [0.1, 0.15) is 12.2 Å². The van der Waals surface area contributed by atoms with Crippen molar-refractivity contribution in [3.8, 4) is 0 Å². The first-order chi connectivity index (χ1) is 8.69. The van der Waals surface area contributed by atoms with Gasteiger partial charge in [0.05, 0.1) is 13.2 Å². The summed E-state index contributed by atoms with van der Waals surface area (Å²) >= 11 is 0. The molecule has 0 aliphatic carbocycles. The Morgan fingerprint density at radius 1 is 1.50 bits per heavy atom. The van der Waals surface area contributed by atoms with E-state index in [1.54, 1.807) is 6.92 Å². The molecule has 1 saturated heterocycles. The standard InChI is InChI=1S/C13H18N2O3/c1-9(18-12-7-17-8-12)13(16)15-11-4-2-10(6-14)3-5-11/h2-5,9,12H,6-8,14H2,1H3,(H,15,16). The molecule has 1 aromatic carbocycles. The molecule has 1 fully saturated rings. The fourth-order valence-electron chi connectivity index (χ4n) is 1.61. The van der Waals surface area contributed by atoms with Crippen LogP contribution in [0.4, 0.5) is 5.69 Å². The molecule has 1 aromatic rings. The predicted octanol–water partition coefficient (Wildman–Crippen LogP) is 0.888. The number of hydrogen-bond acceptors (Lipinski definition) is 4. The van der Waals surface area contributed by atoms with Crippen LogP contribution in [0.2, 0.25) is 0 Å². The van der Waals surface area contributed by atoms with Crippen molar-refractivity contribution in [3.63, 3.8) is 0 Å². The molecule has 18 heavy (non-hydrogen) atoms. The second-order valence-electron chi connectivity index (χ2n) is 4.33. The molecule has 0 bridgehead atoms. The Kier molecular flexibility index (Phi) is 4.30. The Morgan fingerprint density at radius 3 is 2.67 bits per heavy atom. The van der Waals surface area contributed by atoms with Gasteiger partial charge in [-0.1, -0.05) is 12.1 Å². The van der Waals surface area contributed by atoms with Gasteiger partial charge in [0.15, 0.2) is 0 Å². The van der Waals surface area contributed by atoms with E-state index in [1.807, 2.05) is 24.3 Å². The van der Waals surface area contributed by atoms with E-state index in [4.69, 9.17) is 15.2 Å². The smallest absolute Gasteiger partial charge is 0.253 e. The van der Waals surface area contributed by atoms with Gasteiger partial charge in [0.2, 0.25) is 0 Å². The largest absolute Gasteiger partial charge is 0.376 e. The van der Waals surface area contributed by atoms with E-state index in [0.29, 0.717) is 19.8 Å². The molecular weight excluding hydrogens is 232 g/mol. The van der Waals surface area contributed by atoms with E-state index in [0.717, 1.165) is 11.3 Å². The normalized spacial score (nSPS) is 17.0. The molecule has 0 radical (unpaired) electrons. The Balaban J connectivity index is 1.84. The van der Waals surface area contributed by atoms with Crippen LogP contribution in [-0.4, -0.2) is 31.3 Å². The molecule has 1 atom stereocenters. The number of carbonyl (C=O) groups is 1. The Morgan fingerprint density at radius 2 is 2.17 bits per heavy atom. The molecule has 0 aromatic heterocycles. The first-order valence-corrected chi connectivity index (χ1v) is 6.02. The van der Waals surface area contributed by atoms with Crippen LogP contribution >= 0.6 is 0 Å². The Labute approximate surface area is 106 Å². The summed E-state index contributed by atoms with van der Waals surface area (Å²) in [5.41, 5.74) is 7.29. The lowest BCUT2D eigenvalue weighted by Gasteiger charge is -2.28. The highest BCUT2D eigenvalue weighted by Gasteiger charge is 2.24. The second-order valence-corrected chi connectivity index (χ2v) is 4.33. The first kappa shape index (κ1) is 13.0. The molecule has 98 valence electrons. The van der Waals surface area contributed by atoms with Crippen molar-refractivity contribution in [2.75, 3.05) is 18.5 Å². The first-order valence-electron chi connectivity index (χ1n) is 6.02. The highest BCUT2D eigenvalue weighted by Crippen LogP contribution is 2.12. The summed E-state index contributed by atoms with van der Waals surface area (Å²) in [7, 11) is 0. The molecular formula is C13H18N2O3. The van der Waals surface area contributed by atoms with Crippen molar-refractivity contribution < 1.29 is 14.3 Å². The molecule has 1 amide bonds. The summed E-state index contributed by atoms with van der Waals surface area (Å²) in [6.07, 6.45) is -0.432. The summed E-state index contributed by atoms with van der Waals surface area (Å²) in [6, 6.07) is 7.44. The van der Waals surface area contributed by atoms with Crippen molar-refractivity contribution in [2.24, 2.45) is 5.73 Å². The average molecular weight is 250 g/mol. The maximum Gasteiger partial charge on any atom is 0.253 e. The summed E-state index contributed by atoms with van der Waals surface area (Å²) in [4.78, 5) is 11.8. The van der Waals surface area contributed by atoms with Crippen molar-refractivity contribution in [2.45, 2.75) is 25.7 Å². The topological polar surface area (TPSA) is 73.6 Å². The Hall–Kier alpha value is -1.43. The van der Waals surface area contributed by atoms with E-state index < -0.39 is 6.10 Å². The lowest BCUT2D eigenvalue weighted by atomic mass is 10.2. The molecule has 1 unspecified atom stereocenters. The van der Waals surface area contributed by atoms with Gasteiger partial charge >= 0.3 is 0 Å². The number of nitrogens with one attached hydrogen (secondary N) is 1. The summed E-state index contributed by atoms with van der Waals surface area (Å²) in [5, 5.41) is 2.80. The molecule has 3 N–H and O–H groups in total. The van der Waals surface area contributed by atoms with Gasteiger partial charge in [-0.3, -0.25) is 4.79 Å². The van der Waals surface area contributed by atoms with Crippen LogP contribution in [0.3, 0.4) is 0 Å². The van der Waals surface area contributed by atoms with E-state index in [1.165, 1.54) is 0 Å². The minimum atomic E-state index is -0.479. The number of rotatable bonds is 5. The van der Waals surface area contributed by atoms with E-state index in [2.05, 4.69) is 5.32 Å². The van der Waals surface area contributed by atoms with Crippen LogP contribution in [0.5, 0.6) is 0 Å². The Bertz CT molecular complexity index is 401. The zero-order valence-electron chi connectivity index (χ0n) is 10.4. The van der Waals surface area contributed by atoms with Gasteiger partial charge < -0.3 is 20.5 Å². The monoisotopic (exact) mass is 250 g/mol. The fourth-order valence-corrected chi connectivity index (χ4v) is 1.61. The minimum absolute atomic E-state index is 0.0466. The van der Waals surface area contributed by atoms with Crippen LogP contribution < -0.4 is 11.1 Å². The molecule has 5 heteroatoms. The summed E-state index contributed by atoms with van der Waals surface area (Å²) in [5.74, 6) is -0.151. The van der Waals surface area contributed by atoms with Crippen LogP contribution in [-0.2, 0) is 20.8 Å². The third-order valence-electron chi connectivity index (χ3n) is 2.83. The number of ether oxygens (including phenoxy) is 2. The van der Waals surface area contributed by atoms with Gasteiger partial charge in [-0.2, -0.15) is 0 Å². The van der Waals surface area contributed by atoms with Crippen molar-refractivity contribution in [3.05, 3.63) is 29.8 Å². The van der Waals surface area contributed by atoms with Gasteiger partial charge in [0.25, 0.3) is 5.91 Å². The third-order valence-corrected chi connectivity index (χ3v) is 2.83. The fraction of sp³-hybridized carbons (Fsp3) is 0.462. The third kappa shape index (κ3) is 3.29. The van der Waals surface area contributed by atoms with Crippen LogP contribution in [0.15, 0.2) is 24.3 Å². The molecule has 0 saturated carbocycles. The average Bonchev–Trinajstić information content (AvgIpc) is 2.34. The van der Waals surface area contributed by atoms with Crippen molar-refractivity contribution in [1.29, 1.82) is 0 Å². The van der Waals surface area contributed by atoms with E-state index >= 15 is 0 Å². The summed E-state index contributed by atoms with van der Waals surface area (Å²) < 4.78 is 10.5. The van der Waals surface area contributed by atoms with E-state index in [-0.39, 0.29) is 12.0 Å². The molecule has 0 spiro atoms. The lowest BCUT2D eigenvalue weighted by molar-refractivity contribution is -0.161. The van der Waals surface area contributed by atoms with Crippen molar-refractivity contribution in [1.82, 2.24) is 0 Å². The maximum atomic E-state index is 11.8. The predicted molar refractivity (Wildman–Crippen MR) is 68.1 cm³/mol. The number of benzene rings is 1. The highest BCUT2D eigenvalue weighted by molar-refractivity contribution is 5.93. The van der Waals surface area contributed by atoms with Gasteiger partial charge in [-0.15, -0.1) is 0 Å². The number of nitrogens with two attached hydrogens (primary N) is 1. The quantitative estimate of drug-likeness (QED) is 0.814.